The first-order chi connectivity index (χ1) is 20.0. The van der Waals surface area contributed by atoms with E-state index < -0.39 is 17.7 Å². The largest absolute Gasteiger partial charge is 0.507 e. The molecule has 0 saturated carbocycles. The summed E-state index contributed by atoms with van der Waals surface area (Å²) in [5.41, 5.74) is 1.01. The molecule has 2 aromatic rings. The molecular weight excluding hydrogens is 528 g/mol. The third-order valence-corrected chi connectivity index (χ3v) is 7.27. The molecule has 2 saturated heterocycles. The molecule has 0 unspecified atom stereocenters. The molecular formula is C31H36N2O8. The molecule has 2 fully saturated rings. The van der Waals surface area contributed by atoms with Gasteiger partial charge in [-0.3, -0.25) is 14.5 Å². The van der Waals surface area contributed by atoms with Crippen molar-refractivity contribution < 1.29 is 38.4 Å². The summed E-state index contributed by atoms with van der Waals surface area (Å²) in [5.74, 6) is 0.366. The zero-order valence-corrected chi connectivity index (χ0v) is 23.3. The third kappa shape index (κ3) is 6.18. The molecule has 3 heterocycles. The molecule has 0 aliphatic carbocycles. The van der Waals surface area contributed by atoms with Crippen molar-refractivity contribution >= 4 is 17.4 Å². The molecule has 0 radical (unpaired) electrons. The van der Waals surface area contributed by atoms with Crippen molar-refractivity contribution in [3.8, 4) is 23.0 Å². The minimum atomic E-state index is -0.819. The number of hydrogen-bond acceptors (Lipinski definition) is 9. The normalized spacial score (nSPS) is 20.2. The van der Waals surface area contributed by atoms with Gasteiger partial charge in [0.25, 0.3) is 11.7 Å². The first kappa shape index (κ1) is 28.5. The van der Waals surface area contributed by atoms with Gasteiger partial charge in [0.1, 0.15) is 25.6 Å². The average Bonchev–Trinajstić information content (AvgIpc) is 3.25. The lowest BCUT2D eigenvalue weighted by molar-refractivity contribution is -0.140. The molecule has 218 valence electrons. The molecule has 10 heteroatoms. The molecule has 2 aromatic carbocycles. The summed E-state index contributed by atoms with van der Waals surface area (Å²) in [6.45, 7) is 11.2. The minimum absolute atomic E-state index is 0.0141. The molecule has 0 bridgehead atoms. The van der Waals surface area contributed by atoms with Crippen molar-refractivity contribution in [2.45, 2.75) is 19.4 Å². The Hall–Kier alpha value is -4.02. The number of morpholine rings is 1. The van der Waals surface area contributed by atoms with Gasteiger partial charge in [0.05, 0.1) is 31.4 Å². The van der Waals surface area contributed by atoms with Crippen LogP contribution < -0.4 is 18.9 Å². The van der Waals surface area contributed by atoms with E-state index in [4.69, 9.17) is 23.7 Å². The number of ether oxygens (including phenoxy) is 5. The van der Waals surface area contributed by atoms with E-state index in [1.54, 1.807) is 47.4 Å². The van der Waals surface area contributed by atoms with Gasteiger partial charge in [-0.05, 0) is 49.2 Å². The van der Waals surface area contributed by atoms with Gasteiger partial charge < -0.3 is 33.7 Å². The van der Waals surface area contributed by atoms with Gasteiger partial charge >= 0.3 is 0 Å². The molecule has 3 aliphatic rings. The number of Topliss-reactive ketones (excluding diaryl/α,β-unsaturated/α-hetero) is 1. The summed E-state index contributed by atoms with van der Waals surface area (Å²) >= 11 is 0. The van der Waals surface area contributed by atoms with Crippen molar-refractivity contribution in [2.75, 3.05) is 65.8 Å². The highest BCUT2D eigenvalue weighted by Crippen LogP contribution is 2.43. The van der Waals surface area contributed by atoms with E-state index in [-0.39, 0.29) is 11.3 Å². The van der Waals surface area contributed by atoms with Crippen LogP contribution in [0.5, 0.6) is 23.0 Å². The number of benzene rings is 2. The highest BCUT2D eigenvalue weighted by Gasteiger charge is 2.46. The van der Waals surface area contributed by atoms with E-state index in [9.17, 15) is 14.7 Å². The second-order valence-corrected chi connectivity index (χ2v) is 9.90. The van der Waals surface area contributed by atoms with E-state index in [0.717, 1.165) is 19.6 Å². The molecule has 0 aromatic heterocycles. The number of hydrogen-bond donors (Lipinski definition) is 1. The Morgan fingerprint density at radius 1 is 1.00 bits per heavy atom. The van der Waals surface area contributed by atoms with Crippen LogP contribution in [0.3, 0.4) is 0 Å². The van der Waals surface area contributed by atoms with Crippen molar-refractivity contribution in [3.05, 3.63) is 65.8 Å². The van der Waals surface area contributed by atoms with Gasteiger partial charge in [0.15, 0.2) is 23.0 Å². The summed E-state index contributed by atoms with van der Waals surface area (Å²) in [5, 5.41) is 11.5. The van der Waals surface area contributed by atoms with Gasteiger partial charge in [0, 0.05) is 31.7 Å². The standard InChI is InChI=1S/C31H36N2O8/c1-3-14-39-23-8-6-21(19-25(23)38-4-2)28-27(29(34)22-7-9-24-26(20-22)41-18-17-40-24)30(35)31(36)33(28)11-5-10-32-12-15-37-16-13-32/h3,6-9,19-20,28,34H,1,4-5,10-18H2,2H3/b29-27+/t28-/m1/s1. The zero-order valence-electron chi connectivity index (χ0n) is 23.3. The molecule has 41 heavy (non-hydrogen) atoms. The molecule has 1 N–H and O–H groups in total. The number of rotatable bonds is 11. The van der Waals surface area contributed by atoms with E-state index in [1.165, 1.54) is 0 Å². The number of carbonyl (C=O) groups excluding carboxylic acids is 2. The molecule has 5 rings (SSSR count). The van der Waals surface area contributed by atoms with Crippen molar-refractivity contribution in [1.82, 2.24) is 9.80 Å². The fourth-order valence-electron chi connectivity index (χ4n) is 5.32. The Morgan fingerprint density at radius 2 is 1.78 bits per heavy atom. The van der Waals surface area contributed by atoms with Gasteiger partial charge in [-0.2, -0.15) is 0 Å². The van der Waals surface area contributed by atoms with E-state index >= 15 is 0 Å². The van der Waals surface area contributed by atoms with Crippen LogP contribution in [-0.2, 0) is 14.3 Å². The van der Waals surface area contributed by atoms with Gasteiger partial charge in [-0.1, -0.05) is 18.7 Å². The smallest absolute Gasteiger partial charge is 0.295 e. The van der Waals surface area contributed by atoms with E-state index in [2.05, 4.69) is 11.5 Å². The van der Waals surface area contributed by atoms with Crippen LogP contribution in [0, 0.1) is 0 Å². The Labute approximate surface area is 239 Å². The predicted molar refractivity (Wildman–Crippen MR) is 152 cm³/mol. The SMILES string of the molecule is C=CCOc1ccc([C@@H]2/C(=C(\O)c3ccc4c(c3)OCCO4)C(=O)C(=O)N2CCCN2CCOCC2)cc1OCC. The Balaban J connectivity index is 1.53. The fourth-order valence-corrected chi connectivity index (χ4v) is 5.32. The van der Waals surface area contributed by atoms with Crippen LogP contribution in [0.15, 0.2) is 54.6 Å². The van der Waals surface area contributed by atoms with Crippen molar-refractivity contribution in [2.24, 2.45) is 0 Å². The fraction of sp³-hybridized carbons (Fsp3) is 0.419. The first-order valence-corrected chi connectivity index (χ1v) is 14.0. The highest BCUT2D eigenvalue weighted by molar-refractivity contribution is 6.46. The number of ketones is 1. The third-order valence-electron chi connectivity index (χ3n) is 7.27. The quantitative estimate of drug-likeness (QED) is 0.190. The number of likely N-dealkylation sites (tertiary alicyclic amines) is 1. The van der Waals surface area contributed by atoms with Gasteiger partial charge in [0.2, 0.25) is 0 Å². The lowest BCUT2D eigenvalue weighted by Gasteiger charge is -2.29. The molecule has 1 atom stereocenters. The molecule has 0 spiro atoms. The Kier molecular flexibility index (Phi) is 9.11. The van der Waals surface area contributed by atoms with Crippen LogP contribution in [0.2, 0.25) is 0 Å². The summed E-state index contributed by atoms with van der Waals surface area (Å²) in [6, 6.07) is 9.47. The van der Waals surface area contributed by atoms with Crippen LogP contribution in [0.25, 0.3) is 5.76 Å². The van der Waals surface area contributed by atoms with Crippen LogP contribution in [0.4, 0.5) is 0 Å². The maximum absolute atomic E-state index is 13.5. The minimum Gasteiger partial charge on any atom is -0.507 e. The number of aliphatic hydroxyl groups excluding tert-OH is 1. The van der Waals surface area contributed by atoms with Gasteiger partial charge in [-0.15, -0.1) is 0 Å². The summed E-state index contributed by atoms with van der Waals surface area (Å²) in [6.07, 6.45) is 2.30. The summed E-state index contributed by atoms with van der Waals surface area (Å²) in [4.78, 5) is 30.8. The number of carbonyl (C=O) groups is 2. The number of amides is 1. The maximum atomic E-state index is 13.5. The second kappa shape index (κ2) is 13.1. The van der Waals surface area contributed by atoms with Crippen molar-refractivity contribution in [1.29, 1.82) is 0 Å². The molecule has 1 amide bonds. The average molecular weight is 565 g/mol. The second-order valence-electron chi connectivity index (χ2n) is 9.90. The lowest BCUT2D eigenvalue weighted by Crippen LogP contribution is -2.39. The molecule has 10 nitrogen and oxygen atoms in total. The lowest BCUT2D eigenvalue weighted by atomic mass is 9.94. The monoisotopic (exact) mass is 564 g/mol. The van der Waals surface area contributed by atoms with E-state index in [0.29, 0.717) is 86.7 Å². The number of fused-ring (bicyclic) bond motifs is 1. The maximum Gasteiger partial charge on any atom is 0.295 e. The highest BCUT2D eigenvalue weighted by atomic mass is 16.6. The van der Waals surface area contributed by atoms with E-state index in [1.807, 2.05) is 6.92 Å². The topological polar surface area (TPSA) is 107 Å². The number of aliphatic hydroxyl groups is 1. The van der Waals surface area contributed by atoms with Crippen LogP contribution in [0.1, 0.15) is 30.5 Å². The van der Waals surface area contributed by atoms with Crippen molar-refractivity contribution in [3.63, 3.8) is 0 Å². The molecule has 3 aliphatic heterocycles. The zero-order chi connectivity index (χ0) is 28.8. The van der Waals surface area contributed by atoms with Gasteiger partial charge in [-0.25, -0.2) is 0 Å². The predicted octanol–water partition coefficient (Wildman–Crippen LogP) is 3.57. The Bertz CT molecular complexity index is 1320. The first-order valence-electron chi connectivity index (χ1n) is 14.0. The van der Waals surface area contributed by atoms with Crippen LogP contribution >= 0.6 is 0 Å². The number of nitrogens with zero attached hydrogens (tertiary/aromatic N) is 2. The summed E-state index contributed by atoms with van der Waals surface area (Å²) < 4.78 is 28.3. The van der Waals surface area contributed by atoms with Crippen LogP contribution in [-0.4, -0.2) is 92.4 Å². The Morgan fingerprint density at radius 3 is 2.54 bits per heavy atom. The summed E-state index contributed by atoms with van der Waals surface area (Å²) in [7, 11) is 0.